The fourth-order valence-electron chi connectivity index (χ4n) is 6.58. The number of carboxylic acid groups (broad SMARTS) is 1. The highest BCUT2D eigenvalue weighted by molar-refractivity contribution is 5.97. The van der Waals surface area contributed by atoms with Crippen LogP contribution in [0.2, 0.25) is 0 Å². The maximum atomic E-state index is 12.1. The van der Waals surface area contributed by atoms with Gasteiger partial charge >= 0.3 is 5.97 Å². The fourth-order valence-corrected chi connectivity index (χ4v) is 6.58. The first-order valence-electron chi connectivity index (χ1n) is 15.3. The summed E-state index contributed by atoms with van der Waals surface area (Å²) < 4.78 is 1.95. The van der Waals surface area contributed by atoms with E-state index in [1.807, 2.05) is 29.0 Å². The molecule has 1 aromatic carbocycles. The second kappa shape index (κ2) is 11.7. The van der Waals surface area contributed by atoms with Crippen molar-refractivity contribution in [3.05, 3.63) is 83.6 Å². The number of aromatic nitrogens is 6. The number of carbonyl (C=O) groups is 2. The van der Waals surface area contributed by atoms with Crippen LogP contribution in [-0.2, 0) is 31.2 Å². The minimum Gasteiger partial charge on any atom is -0.476 e. The average molecular weight is 603 g/mol. The van der Waals surface area contributed by atoms with Gasteiger partial charge in [0.05, 0.1) is 11.4 Å². The molecule has 0 spiro atoms. The van der Waals surface area contributed by atoms with Crippen molar-refractivity contribution in [2.75, 3.05) is 24.5 Å². The Labute approximate surface area is 260 Å². The topological polar surface area (TPSA) is 130 Å². The van der Waals surface area contributed by atoms with Gasteiger partial charge in [-0.1, -0.05) is 18.2 Å². The van der Waals surface area contributed by atoms with Crippen LogP contribution in [0.15, 0.2) is 60.9 Å². The Bertz CT molecular complexity index is 1890. The van der Waals surface area contributed by atoms with Gasteiger partial charge in [0.15, 0.2) is 11.5 Å². The molecule has 11 heteroatoms. The quantitative estimate of drug-likeness (QED) is 0.297. The molecule has 0 atom stereocenters. The van der Waals surface area contributed by atoms with Crippen molar-refractivity contribution < 1.29 is 14.7 Å². The Kier molecular flexibility index (Phi) is 7.44. The third-order valence-electron chi connectivity index (χ3n) is 9.13. The molecule has 1 N–H and O–H groups in total. The number of hydrogen-bond donors (Lipinski definition) is 1. The Morgan fingerprint density at radius 3 is 2.53 bits per heavy atom. The number of benzene rings is 1. The van der Waals surface area contributed by atoms with E-state index >= 15 is 0 Å². The maximum absolute atomic E-state index is 12.1. The third kappa shape index (κ3) is 5.61. The number of pyridine rings is 2. The SMILES string of the molecule is CC(=O)N1CCc2c(c(-c3cccc4cc(-c5ccc(CC6CCN(c7ccc(C(=O)O)nn7)CC6)nc5)ncc34)nn2C)C1. The van der Waals surface area contributed by atoms with Crippen LogP contribution in [0.5, 0.6) is 0 Å². The molecule has 0 bridgehead atoms. The van der Waals surface area contributed by atoms with Crippen LogP contribution in [-0.4, -0.2) is 71.5 Å². The number of nitrogens with zero attached hydrogens (tertiary/aromatic N) is 8. The van der Waals surface area contributed by atoms with Gasteiger partial charge in [0.1, 0.15) is 0 Å². The van der Waals surface area contributed by atoms with Crippen LogP contribution in [0.1, 0.15) is 47.2 Å². The highest BCUT2D eigenvalue weighted by Gasteiger charge is 2.27. The number of aromatic carboxylic acids is 1. The zero-order valence-corrected chi connectivity index (χ0v) is 25.3. The van der Waals surface area contributed by atoms with E-state index in [2.05, 4.69) is 51.5 Å². The molecule has 228 valence electrons. The summed E-state index contributed by atoms with van der Waals surface area (Å²) in [7, 11) is 1.98. The first kappa shape index (κ1) is 28.6. The van der Waals surface area contributed by atoms with Gasteiger partial charge < -0.3 is 14.9 Å². The largest absolute Gasteiger partial charge is 0.476 e. The molecule has 4 aromatic heterocycles. The van der Waals surface area contributed by atoms with Crippen molar-refractivity contribution in [2.45, 2.75) is 39.2 Å². The van der Waals surface area contributed by atoms with Gasteiger partial charge in [0, 0.05) is 92.4 Å². The molecular weight excluding hydrogens is 568 g/mol. The van der Waals surface area contributed by atoms with E-state index in [-0.39, 0.29) is 11.6 Å². The van der Waals surface area contributed by atoms with Gasteiger partial charge in [-0.2, -0.15) is 5.10 Å². The second-order valence-electron chi connectivity index (χ2n) is 11.9. The number of rotatable bonds is 6. The van der Waals surface area contributed by atoms with E-state index in [0.717, 1.165) is 95.7 Å². The predicted molar refractivity (Wildman–Crippen MR) is 170 cm³/mol. The number of aryl methyl sites for hydroxylation is 1. The molecule has 1 amide bonds. The molecule has 0 saturated carbocycles. The van der Waals surface area contributed by atoms with E-state index in [4.69, 9.17) is 20.2 Å². The lowest BCUT2D eigenvalue weighted by Crippen LogP contribution is -2.35. The van der Waals surface area contributed by atoms with Crippen molar-refractivity contribution in [1.82, 2.24) is 34.8 Å². The number of amides is 1. The Balaban J connectivity index is 1.04. The van der Waals surface area contributed by atoms with Crippen LogP contribution in [0.3, 0.4) is 0 Å². The maximum Gasteiger partial charge on any atom is 0.356 e. The zero-order valence-electron chi connectivity index (χ0n) is 25.3. The van der Waals surface area contributed by atoms with Gasteiger partial charge in [0.25, 0.3) is 0 Å². The van der Waals surface area contributed by atoms with Crippen molar-refractivity contribution in [2.24, 2.45) is 13.0 Å². The van der Waals surface area contributed by atoms with Crippen LogP contribution < -0.4 is 4.90 Å². The summed E-state index contributed by atoms with van der Waals surface area (Å²) in [5, 5.41) is 24.0. The molecule has 11 nitrogen and oxygen atoms in total. The summed E-state index contributed by atoms with van der Waals surface area (Å²) in [5.41, 5.74) is 7.09. The lowest BCUT2D eigenvalue weighted by atomic mass is 9.92. The molecule has 1 fully saturated rings. The second-order valence-corrected chi connectivity index (χ2v) is 11.9. The Morgan fingerprint density at radius 1 is 0.978 bits per heavy atom. The molecule has 0 aliphatic carbocycles. The van der Waals surface area contributed by atoms with Crippen molar-refractivity contribution in [3.63, 3.8) is 0 Å². The van der Waals surface area contributed by atoms with Gasteiger partial charge in [-0.25, -0.2) is 4.79 Å². The molecule has 2 aliphatic heterocycles. The molecule has 5 aromatic rings. The van der Waals surface area contributed by atoms with Crippen LogP contribution >= 0.6 is 0 Å². The Morgan fingerprint density at radius 2 is 1.82 bits per heavy atom. The monoisotopic (exact) mass is 602 g/mol. The van der Waals surface area contributed by atoms with Crippen LogP contribution in [0.4, 0.5) is 5.82 Å². The van der Waals surface area contributed by atoms with E-state index < -0.39 is 5.97 Å². The highest BCUT2D eigenvalue weighted by Crippen LogP contribution is 2.35. The number of piperidine rings is 1. The summed E-state index contributed by atoms with van der Waals surface area (Å²) in [4.78, 5) is 36.8. The normalized spacial score (nSPS) is 15.3. The molecule has 6 heterocycles. The van der Waals surface area contributed by atoms with Crippen LogP contribution in [0.25, 0.3) is 33.3 Å². The summed E-state index contributed by atoms with van der Waals surface area (Å²) in [6.45, 7) is 4.62. The minimum atomic E-state index is -1.07. The van der Waals surface area contributed by atoms with Gasteiger partial charge in [0.2, 0.25) is 5.91 Å². The zero-order chi connectivity index (χ0) is 31.1. The molecule has 2 aliphatic rings. The summed E-state index contributed by atoms with van der Waals surface area (Å²) in [6, 6.07) is 15.8. The van der Waals surface area contributed by atoms with E-state index in [9.17, 15) is 9.59 Å². The summed E-state index contributed by atoms with van der Waals surface area (Å²) >= 11 is 0. The molecule has 45 heavy (non-hydrogen) atoms. The molecule has 0 unspecified atom stereocenters. The standard InChI is InChI=1S/C34H34N8O3/c1-21(43)42-15-12-31-28(20-42)33(39-40(31)2)26-5-3-4-23-17-30(36-19-27(23)26)24-6-7-25(35-18-24)16-22-10-13-41(14-11-22)32-9-8-29(34(44)45)37-38-32/h3-9,17-19,22H,10-16,20H2,1-2H3,(H,44,45). The number of carbonyl (C=O) groups excluding carboxylic acids is 1. The van der Waals surface area contributed by atoms with Gasteiger partial charge in [-0.15, -0.1) is 10.2 Å². The lowest BCUT2D eigenvalue weighted by molar-refractivity contribution is -0.129. The fraction of sp³-hybridized carbons (Fsp3) is 0.324. The summed E-state index contributed by atoms with van der Waals surface area (Å²) in [6.07, 6.45) is 7.55. The van der Waals surface area contributed by atoms with Crippen molar-refractivity contribution >= 4 is 28.5 Å². The average Bonchev–Trinajstić information content (AvgIpc) is 3.40. The lowest BCUT2D eigenvalue weighted by Gasteiger charge is -2.32. The first-order chi connectivity index (χ1) is 21.8. The van der Waals surface area contributed by atoms with Gasteiger partial charge in [-0.05, 0) is 60.9 Å². The van der Waals surface area contributed by atoms with E-state index in [1.54, 1.807) is 13.0 Å². The highest BCUT2D eigenvalue weighted by atomic mass is 16.4. The Hall–Kier alpha value is -5.19. The van der Waals surface area contributed by atoms with Crippen molar-refractivity contribution in [1.29, 1.82) is 0 Å². The number of carboxylic acids is 1. The minimum absolute atomic E-state index is 0.0438. The predicted octanol–water partition coefficient (Wildman–Crippen LogP) is 4.55. The van der Waals surface area contributed by atoms with E-state index in [1.165, 1.54) is 11.8 Å². The van der Waals surface area contributed by atoms with Crippen LogP contribution in [0, 0.1) is 5.92 Å². The third-order valence-corrected chi connectivity index (χ3v) is 9.13. The smallest absolute Gasteiger partial charge is 0.356 e. The molecule has 0 radical (unpaired) electrons. The number of anilines is 1. The molecule has 1 saturated heterocycles. The molecular formula is C34H34N8O3. The number of fused-ring (bicyclic) bond motifs is 2. The van der Waals surface area contributed by atoms with E-state index in [0.29, 0.717) is 12.5 Å². The first-order valence-corrected chi connectivity index (χ1v) is 15.3. The summed E-state index contributed by atoms with van der Waals surface area (Å²) in [5.74, 6) is 0.250. The molecule has 7 rings (SSSR count). The number of hydrogen-bond acceptors (Lipinski definition) is 8. The van der Waals surface area contributed by atoms with Crippen molar-refractivity contribution in [3.8, 4) is 22.5 Å². The van der Waals surface area contributed by atoms with Gasteiger partial charge in [-0.3, -0.25) is 19.4 Å².